The zero-order chi connectivity index (χ0) is 18.8. The molecule has 0 spiro atoms. The van der Waals surface area contributed by atoms with Gasteiger partial charge in [0.1, 0.15) is 11.6 Å². The Bertz CT molecular complexity index is 1020. The lowest BCUT2D eigenvalue weighted by atomic mass is 9.63. The molecule has 1 aliphatic carbocycles. The average Bonchev–Trinajstić information content (AvgIpc) is 2.86. The second-order valence-corrected chi connectivity index (χ2v) is 8.45. The van der Waals surface area contributed by atoms with Crippen molar-refractivity contribution >= 4 is 33.2 Å². The molecule has 1 aromatic heterocycles. The molecular weight excluding hydrogens is 403 g/mol. The molecule has 4 rings (SSSR count). The first-order valence-corrected chi connectivity index (χ1v) is 9.27. The summed E-state index contributed by atoms with van der Waals surface area (Å²) in [5.41, 5.74) is 0.828. The van der Waals surface area contributed by atoms with Crippen LogP contribution >= 0.6 is 15.9 Å². The first-order chi connectivity index (χ1) is 12.2. The highest BCUT2D eigenvalue weighted by Gasteiger charge is 2.49. The molecule has 0 N–H and O–H groups in total. The van der Waals surface area contributed by atoms with E-state index in [1.165, 1.54) is 10.8 Å². The Morgan fingerprint density at radius 2 is 2.04 bits per heavy atom. The van der Waals surface area contributed by atoms with Gasteiger partial charge in [0.05, 0.1) is 16.0 Å². The van der Waals surface area contributed by atoms with Crippen molar-refractivity contribution in [2.24, 2.45) is 23.4 Å². The standard InChI is InChI=1S/C19H18BrFN2O3/c1-19(2)7-6-12-14(16(19)24)13(9-4-5-11(21)10(20)8-9)15-17(22-12)23(3)26-18(15)25/h4-5,8,13-14H,6-7H2,1-3H3. The molecule has 0 saturated heterocycles. The topological polar surface area (TPSA) is 64.6 Å². The summed E-state index contributed by atoms with van der Waals surface area (Å²) < 4.78 is 20.6. The number of hydrogen-bond donors (Lipinski definition) is 0. The highest BCUT2D eigenvalue weighted by molar-refractivity contribution is 9.10. The smallest absolute Gasteiger partial charge is 0.334 e. The molecule has 136 valence electrons. The number of Topliss-reactive ketones (excluding diaryl/α,β-unsaturated/α-hetero) is 1. The highest BCUT2D eigenvalue weighted by Crippen LogP contribution is 2.48. The van der Waals surface area contributed by atoms with Crippen LogP contribution in [-0.2, 0) is 11.8 Å². The first kappa shape index (κ1) is 17.4. The number of benzene rings is 1. The number of carbonyl (C=O) groups excluding carboxylic acids is 1. The molecule has 0 bridgehead atoms. The van der Waals surface area contributed by atoms with Gasteiger partial charge in [-0.25, -0.2) is 14.2 Å². The number of ketones is 1. The van der Waals surface area contributed by atoms with Gasteiger partial charge in [-0.1, -0.05) is 19.9 Å². The molecular formula is C19H18BrFN2O3. The predicted molar refractivity (Wildman–Crippen MR) is 98.5 cm³/mol. The van der Waals surface area contributed by atoms with E-state index in [2.05, 4.69) is 20.9 Å². The molecule has 5 nitrogen and oxygen atoms in total. The molecule has 2 heterocycles. The maximum atomic E-state index is 13.8. The van der Waals surface area contributed by atoms with E-state index in [1.807, 2.05) is 13.8 Å². The van der Waals surface area contributed by atoms with Crippen LogP contribution in [0.3, 0.4) is 0 Å². The number of aryl methyl sites for hydroxylation is 1. The summed E-state index contributed by atoms with van der Waals surface area (Å²) in [6.45, 7) is 3.85. The van der Waals surface area contributed by atoms with Crippen molar-refractivity contribution in [2.45, 2.75) is 32.6 Å². The minimum atomic E-state index is -0.533. The summed E-state index contributed by atoms with van der Waals surface area (Å²) in [5, 5.41) is 0. The van der Waals surface area contributed by atoms with Crippen LogP contribution in [0.15, 0.2) is 37.0 Å². The Labute approximate surface area is 158 Å². The van der Waals surface area contributed by atoms with Crippen molar-refractivity contribution in [1.82, 2.24) is 4.74 Å². The SMILES string of the molecule is Cn1oc(=O)c2c1N=C1CCC(C)(C)C(=O)C1C2c1ccc(F)c(Br)c1. The Morgan fingerprint density at radius 1 is 1.31 bits per heavy atom. The Hall–Kier alpha value is -2.02. The predicted octanol–water partition coefficient (Wildman–Crippen LogP) is 4.10. The molecule has 2 atom stereocenters. The summed E-state index contributed by atoms with van der Waals surface area (Å²) in [6, 6.07) is 4.60. The van der Waals surface area contributed by atoms with E-state index in [-0.39, 0.29) is 5.78 Å². The molecule has 1 aromatic carbocycles. The number of aliphatic imine (C=N–C) groups is 1. The van der Waals surface area contributed by atoms with Crippen molar-refractivity contribution in [1.29, 1.82) is 0 Å². The third-order valence-corrected chi connectivity index (χ3v) is 6.10. The van der Waals surface area contributed by atoms with Crippen molar-refractivity contribution in [3.05, 3.63) is 50.0 Å². The second kappa shape index (κ2) is 5.74. The largest absolute Gasteiger partial charge is 0.363 e. The molecule has 0 radical (unpaired) electrons. The van der Waals surface area contributed by atoms with Crippen LogP contribution in [0.5, 0.6) is 0 Å². The number of hydrogen-bond acceptors (Lipinski definition) is 4. The lowest BCUT2D eigenvalue weighted by molar-refractivity contribution is -0.130. The zero-order valence-corrected chi connectivity index (χ0v) is 16.3. The van der Waals surface area contributed by atoms with Crippen LogP contribution in [0.2, 0.25) is 0 Å². The fourth-order valence-electron chi connectivity index (χ4n) is 4.00. The average molecular weight is 421 g/mol. The molecule has 0 amide bonds. The number of nitrogens with zero attached hydrogens (tertiary/aromatic N) is 2. The third-order valence-electron chi connectivity index (χ3n) is 5.49. The molecule has 1 fully saturated rings. The van der Waals surface area contributed by atoms with Crippen molar-refractivity contribution in [3.8, 4) is 0 Å². The van der Waals surface area contributed by atoms with E-state index in [1.54, 1.807) is 19.2 Å². The molecule has 2 unspecified atom stereocenters. The van der Waals surface area contributed by atoms with Gasteiger partial charge in [0, 0.05) is 24.1 Å². The Balaban J connectivity index is 1.99. The fraction of sp³-hybridized carbons (Fsp3) is 0.421. The van der Waals surface area contributed by atoms with Crippen molar-refractivity contribution in [3.63, 3.8) is 0 Å². The minimum Gasteiger partial charge on any atom is -0.334 e. The monoisotopic (exact) mass is 420 g/mol. The van der Waals surface area contributed by atoms with E-state index in [0.29, 0.717) is 34.3 Å². The van der Waals surface area contributed by atoms with E-state index >= 15 is 0 Å². The molecule has 7 heteroatoms. The summed E-state index contributed by atoms with van der Waals surface area (Å²) in [6.07, 6.45) is 1.39. The van der Waals surface area contributed by atoms with Gasteiger partial charge >= 0.3 is 5.63 Å². The van der Waals surface area contributed by atoms with Crippen LogP contribution < -0.4 is 5.63 Å². The number of rotatable bonds is 1. The van der Waals surface area contributed by atoms with E-state index in [4.69, 9.17) is 4.52 Å². The summed E-state index contributed by atoms with van der Waals surface area (Å²) in [5.74, 6) is -0.956. The quantitative estimate of drug-likeness (QED) is 0.697. The van der Waals surface area contributed by atoms with Gasteiger partial charge < -0.3 is 4.52 Å². The van der Waals surface area contributed by atoms with Crippen LogP contribution in [-0.4, -0.2) is 16.2 Å². The number of halogens is 2. The second-order valence-electron chi connectivity index (χ2n) is 7.59. The van der Waals surface area contributed by atoms with Crippen LogP contribution in [0, 0.1) is 17.2 Å². The molecule has 2 aliphatic rings. The highest BCUT2D eigenvalue weighted by atomic mass is 79.9. The fourth-order valence-corrected chi connectivity index (χ4v) is 4.40. The van der Waals surface area contributed by atoms with Crippen LogP contribution in [0.25, 0.3) is 0 Å². The first-order valence-electron chi connectivity index (χ1n) is 8.47. The van der Waals surface area contributed by atoms with Gasteiger partial charge in [-0.15, -0.1) is 0 Å². The molecule has 2 aromatic rings. The lowest BCUT2D eigenvalue weighted by Crippen LogP contribution is -2.45. The van der Waals surface area contributed by atoms with Crippen LogP contribution in [0.1, 0.15) is 43.7 Å². The molecule has 1 saturated carbocycles. The Kier molecular flexibility index (Phi) is 3.84. The van der Waals surface area contributed by atoms with Gasteiger partial charge in [0.25, 0.3) is 0 Å². The number of carbonyl (C=O) groups is 1. The minimum absolute atomic E-state index is 0.0573. The zero-order valence-electron chi connectivity index (χ0n) is 14.7. The molecule has 26 heavy (non-hydrogen) atoms. The third kappa shape index (κ3) is 2.44. The van der Waals surface area contributed by atoms with Gasteiger partial charge in [0.15, 0.2) is 5.82 Å². The van der Waals surface area contributed by atoms with E-state index in [9.17, 15) is 14.0 Å². The maximum Gasteiger partial charge on any atom is 0.363 e. The molecule has 1 aliphatic heterocycles. The van der Waals surface area contributed by atoms with E-state index < -0.39 is 28.7 Å². The van der Waals surface area contributed by atoms with Gasteiger partial charge in [-0.05, 0) is 46.5 Å². The Morgan fingerprint density at radius 3 is 2.73 bits per heavy atom. The number of fused-ring (bicyclic) bond motifs is 2. The normalized spacial score (nSPS) is 24.0. The van der Waals surface area contributed by atoms with E-state index in [0.717, 1.165) is 5.71 Å². The maximum absolute atomic E-state index is 13.8. The van der Waals surface area contributed by atoms with Crippen molar-refractivity contribution < 1.29 is 13.7 Å². The summed E-state index contributed by atoms with van der Waals surface area (Å²) in [7, 11) is 1.62. The van der Waals surface area contributed by atoms with Gasteiger partial charge in [0.2, 0.25) is 0 Å². The van der Waals surface area contributed by atoms with Crippen LogP contribution in [0.4, 0.5) is 10.2 Å². The lowest BCUT2D eigenvalue weighted by Gasteiger charge is -2.40. The van der Waals surface area contributed by atoms with Gasteiger partial charge in [-0.3, -0.25) is 4.79 Å². The van der Waals surface area contributed by atoms with Gasteiger partial charge in [-0.2, -0.15) is 4.74 Å². The summed E-state index contributed by atoms with van der Waals surface area (Å²) >= 11 is 3.21. The number of aromatic nitrogens is 1. The summed E-state index contributed by atoms with van der Waals surface area (Å²) in [4.78, 5) is 30.3. The van der Waals surface area contributed by atoms with Crippen molar-refractivity contribution in [2.75, 3.05) is 0 Å².